The Kier molecular flexibility index (Phi) is 3.46. The topological polar surface area (TPSA) is 61.0 Å². The van der Waals surface area contributed by atoms with Gasteiger partial charge in [0, 0.05) is 0 Å². The minimum Gasteiger partial charge on any atom is -0.438 e. The Bertz CT molecular complexity index is 567. The highest BCUT2D eigenvalue weighted by Gasteiger charge is 2.10. The van der Waals surface area contributed by atoms with Crippen LogP contribution in [-0.4, -0.2) is 9.97 Å². The lowest BCUT2D eigenvalue weighted by molar-refractivity contribution is 0.452. The molecule has 94 valence electrons. The average Bonchev–Trinajstić information content (AvgIpc) is 2.34. The predicted octanol–water partition coefficient (Wildman–Crippen LogP) is 3.03. The third kappa shape index (κ3) is 2.42. The molecule has 0 fully saturated rings. The molecular formula is C14H17N3O. The molecule has 0 aliphatic heterocycles. The molecule has 0 radical (unpaired) electrons. The SMILES string of the molecule is CCc1c(N)ncnc1Oc1cc(C)ccc1C. The van der Waals surface area contributed by atoms with Gasteiger partial charge in [-0.15, -0.1) is 0 Å². The van der Waals surface area contributed by atoms with Crippen molar-refractivity contribution in [3.8, 4) is 11.6 Å². The third-order valence-corrected chi connectivity index (χ3v) is 2.84. The van der Waals surface area contributed by atoms with Crippen molar-refractivity contribution in [1.29, 1.82) is 0 Å². The number of nitrogen functional groups attached to an aromatic ring is 1. The van der Waals surface area contributed by atoms with Crippen molar-refractivity contribution in [3.05, 3.63) is 41.2 Å². The van der Waals surface area contributed by atoms with E-state index in [-0.39, 0.29) is 0 Å². The predicted molar refractivity (Wildman–Crippen MR) is 71.8 cm³/mol. The van der Waals surface area contributed by atoms with Gasteiger partial charge in [0.2, 0.25) is 5.88 Å². The Morgan fingerprint density at radius 2 is 2.00 bits per heavy atom. The van der Waals surface area contributed by atoms with E-state index in [1.807, 2.05) is 32.9 Å². The van der Waals surface area contributed by atoms with Gasteiger partial charge < -0.3 is 10.5 Å². The van der Waals surface area contributed by atoms with Crippen molar-refractivity contribution in [1.82, 2.24) is 9.97 Å². The Balaban J connectivity index is 2.40. The fraction of sp³-hybridized carbons (Fsp3) is 0.286. The molecule has 0 saturated heterocycles. The van der Waals surface area contributed by atoms with E-state index >= 15 is 0 Å². The van der Waals surface area contributed by atoms with Crippen molar-refractivity contribution in [2.75, 3.05) is 5.73 Å². The molecule has 2 N–H and O–H groups in total. The summed E-state index contributed by atoms with van der Waals surface area (Å²) in [7, 11) is 0. The summed E-state index contributed by atoms with van der Waals surface area (Å²) >= 11 is 0. The fourth-order valence-corrected chi connectivity index (χ4v) is 1.75. The highest BCUT2D eigenvalue weighted by molar-refractivity contribution is 5.47. The smallest absolute Gasteiger partial charge is 0.227 e. The van der Waals surface area contributed by atoms with Crippen LogP contribution in [0.25, 0.3) is 0 Å². The van der Waals surface area contributed by atoms with Crippen molar-refractivity contribution < 1.29 is 4.74 Å². The number of ether oxygens (including phenoxy) is 1. The maximum absolute atomic E-state index is 5.86. The molecule has 1 aromatic carbocycles. The Hall–Kier alpha value is -2.10. The van der Waals surface area contributed by atoms with Gasteiger partial charge >= 0.3 is 0 Å². The molecule has 18 heavy (non-hydrogen) atoms. The maximum atomic E-state index is 5.86. The van der Waals surface area contributed by atoms with E-state index in [0.717, 1.165) is 28.9 Å². The van der Waals surface area contributed by atoms with Crippen molar-refractivity contribution in [2.45, 2.75) is 27.2 Å². The van der Waals surface area contributed by atoms with Crippen LogP contribution in [0.1, 0.15) is 23.6 Å². The second-order valence-electron chi connectivity index (χ2n) is 4.27. The van der Waals surface area contributed by atoms with Crippen molar-refractivity contribution >= 4 is 5.82 Å². The zero-order valence-corrected chi connectivity index (χ0v) is 10.9. The summed E-state index contributed by atoms with van der Waals surface area (Å²) in [5, 5.41) is 0. The van der Waals surface area contributed by atoms with Gasteiger partial charge in [-0.1, -0.05) is 19.1 Å². The molecule has 0 bridgehead atoms. The molecule has 0 amide bonds. The van der Waals surface area contributed by atoms with Gasteiger partial charge in [0.15, 0.2) is 0 Å². The highest BCUT2D eigenvalue weighted by Crippen LogP contribution is 2.28. The van der Waals surface area contributed by atoms with Crippen LogP contribution in [-0.2, 0) is 6.42 Å². The van der Waals surface area contributed by atoms with Crippen LogP contribution < -0.4 is 10.5 Å². The number of nitrogens with two attached hydrogens (primary N) is 1. The zero-order valence-electron chi connectivity index (χ0n) is 10.9. The van der Waals surface area contributed by atoms with Crippen LogP contribution in [0.2, 0.25) is 0 Å². The lowest BCUT2D eigenvalue weighted by atomic mass is 10.1. The number of nitrogens with zero attached hydrogens (tertiary/aromatic N) is 2. The Morgan fingerprint density at radius 3 is 2.72 bits per heavy atom. The minimum absolute atomic E-state index is 0.479. The average molecular weight is 243 g/mol. The number of hydrogen-bond acceptors (Lipinski definition) is 4. The van der Waals surface area contributed by atoms with Crippen LogP contribution in [0.4, 0.5) is 5.82 Å². The molecule has 0 saturated carbocycles. The zero-order chi connectivity index (χ0) is 13.1. The van der Waals surface area contributed by atoms with E-state index < -0.39 is 0 Å². The van der Waals surface area contributed by atoms with Gasteiger partial charge in [-0.05, 0) is 37.5 Å². The summed E-state index contributed by atoms with van der Waals surface area (Å²) in [5.74, 6) is 1.83. The molecular weight excluding hydrogens is 226 g/mol. The summed E-state index contributed by atoms with van der Waals surface area (Å²) in [6.45, 7) is 6.04. The summed E-state index contributed by atoms with van der Waals surface area (Å²) < 4.78 is 5.86. The quantitative estimate of drug-likeness (QED) is 0.900. The third-order valence-electron chi connectivity index (χ3n) is 2.84. The molecule has 1 aromatic heterocycles. The maximum Gasteiger partial charge on any atom is 0.227 e. The first kappa shape index (κ1) is 12.4. The van der Waals surface area contributed by atoms with Crippen molar-refractivity contribution in [2.24, 2.45) is 0 Å². The monoisotopic (exact) mass is 243 g/mol. The molecule has 0 unspecified atom stereocenters. The van der Waals surface area contributed by atoms with Crippen LogP contribution in [0.5, 0.6) is 11.6 Å². The molecule has 0 atom stereocenters. The highest BCUT2D eigenvalue weighted by atomic mass is 16.5. The number of rotatable bonds is 3. The molecule has 2 aromatic rings. The van der Waals surface area contributed by atoms with Crippen LogP contribution >= 0.6 is 0 Å². The lowest BCUT2D eigenvalue weighted by Gasteiger charge is -2.12. The van der Waals surface area contributed by atoms with Gasteiger partial charge in [0.1, 0.15) is 17.9 Å². The van der Waals surface area contributed by atoms with Crippen LogP contribution in [0.15, 0.2) is 24.5 Å². The van der Waals surface area contributed by atoms with Crippen molar-refractivity contribution in [3.63, 3.8) is 0 Å². The molecule has 4 heteroatoms. The van der Waals surface area contributed by atoms with E-state index in [2.05, 4.69) is 16.0 Å². The second kappa shape index (κ2) is 5.04. The molecule has 0 aliphatic carbocycles. The molecule has 1 heterocycles. The van der Waals surface area contributed by atoms with Gasteiger partial charge in [-0.2, -0.15) is 0 Å². The number of anilines is 1. The van der Waals surface area contributed by atoms with Gasteiger partial charge in [-0.3, -0.25) is 0 Å². The summed E-state index contributed by atoms with van der Waals surface area (Å²) in [6.07, 6.45) is 2.17. The largest absolute Gasteiger partial charge is 0.438 e. The van der Waals surface area contributed by atoms with E-state index in [0.29, 0.717) is 11.7 Å². The molecule has 0 spiro atoms. The van der Waals surface area contributed by atoms with E-state index in [1.165, 1.54) is 6.33 Å². The first-order valence-electron chi connectivity index (χ1n) is 5.96. The standard InChI is InChI=1S/C14H17N3O/c1-4-11-13(15)16-8-17-14(11)18-12-7-9(2)5-6-10(12)3/h5-8H,4H2,1-3H3,(H2,15,16,17). The molecule has 2 rings (SSSR count). The molecule has 4 nitrogen and oxygen atoms in total. The van der Waals surface area contributed by atoms with E-state index in [4.69, 9.17) is 10.5 Å². The number of hydrogen-bond donors (Lipinski definition) is 1. The second-order valence-corrected chi connectivity index (χ2v) is 4.27. The van der Waals surface area contributed by atoms with E-state index in [9.17, 15) is 0 Å². The van der Waals surface area contributed by atoms with Gasteiger partial charge in [-0.25, -0.2) is 9.97 Å². The van der Waals surface area contributed by atoms with Crippen LogP contribution in [0.3, 0.4) is 0 Å². The first-order chi connectivity index (χ1) is 8.61. The lowest BCUT2D eigenvalue weighted by Crippen LogP contribution is -2.02. The molecule has 0 aliphatic rings. The Labute approximate surface area is 107 Å². The minimum atomic E-state index is 0.479. The summed E-state index contributed by atoms with van der Waals surface area (Å²) in [5.41, 5.74) is 8.89. The first-order valence-corrected chi connectivity index (χ1v) is 5.96. The summed E-state index contributed by atoms with van der Waals surface area (Å²) in [6, 6.07) is 6.07. The fourth-order valence-electron chi connectivity index (χ4n) is 1.75. The summed E-state index contributed by atoms with van der Waals surface area (Å²) in [4.78, 5) is 8.14. The number of aryl methyl sites for hydroxylation is 2. The van der Waals surface area contributed by atoms with Crippen LogP contribution in [0, 0.1) is 13.8 Å². The number of aromatic nitrogens is 2. The normalized spacial score (nSPS) is 10.4. The Morgan fingerprint density at radius 1 is 1.22 bits per heavy atom. The van der Waals surface area contributed by atoms with E-state index in [1.54, 1.807) is 0 Å². The van der Waals surface area contributed by atoms with Gasteiger partial charge in [0.25, 0.3) is 0 Å². The van der Waals surface area contributed by atoms with Gasteiger partial charge in [0.05, 0.1) is 5.56 Å². The number of benzene rings is 1.